The van der Waals surface area contributed by atoms with Crippen molar-refractivity contribution in [3.63, 3.8) is 0 Å². The van der Waals surface area contributed by atoms with Crippen LogP contribution in [0, 0.1) is 22.6 Å². The Hall–Kier alpha value is -1.42. The predicted molar refractivity (Wildman–Crippen MR) is 75.4 cm³/mol. The molecule has 1 saturated carbocycles. The van der Waals surface area contributed by atoms with Crippen LogP contribution in [-0.4, -0.2) is 17.6 Å². The lowest BCUT2D eigenvalue weighted by Gasteiger charge is -2.13. The van der Waals surface area contributed by atoms with Gasteiger partial charge in [0.15, 0.2) is 0 Å². The molecule has 1 aliphatic carbocycles. The van der Waals surface area contributed by atoms with Gasteiger partial charge in [-0.3, -0.25) is 4.79 Å². The molecule has 1 amide bonds. The summed E-state index contributed by atoms with van der Waals surface area (Å²) in [6, 6.07) is 6.06. The van der Waals surface area contributed by atoms with E-state index in [1.165, 1.54) is 12.1 Å². The number of carbonyl (C=O) groups excluding carboxylic acids is 1. The Morgan fingerprint density at radius 3 is 2.35 bits per heavy atom. The summed E-state index contributed by atoms with van der Waals surface area (Å²) >= 11 is 0. The number of carbonyl (C=O) groups is 1. The maximum Gasteiger partial charge on any atom is 0.224 e. The first-order valence-electron chi connectivity index (χ1n) is 6.90. The summed E-state index contributed by atoms with van der Waals surface area (Å²) in [5, 5.41) is 12.7. The number of nitrogens with one attached hydrogen (secondary N) is 1. The van der Waals surface area contributed by atoms with E-state index in [-0.39, 0.29) is 34.8 Å². The largest absolute Gasteiger partial charge is 0.386 e. The molecule has 1 aliphatic rings. The van der Waals surface area contributed by atoms with E-state index in [4.69, 9.17) is 0 Å². The number of rotatable bonds is 4. The molecular weight excluding hydrogens is 257 g/mol. The molecule has 0 radical (unpaired) electrons. The van der Waals surface area contributed by atoms with Crippen LogP contribution in [0.4, 0.5) is 4.39 Å². The molecule has 0 spiro atoms. The molecule has 1 aromatic rings. The monoisotopic (exact) mass is 279 g/mol. The van der Waals surface area contributed by atoms with Crippen LogP contribution >= 0.6 is 0 Å². The average Bonchev–Trinajstić information content (AvgIpc) is 2.77. The van der Waals surface area contributed by atoms with E-state index in [2.05, 4.69) is 33.0 Å². The first-order valence-corrected chi connectivity index (χ1v) is 6.90. The predicted octanol–water partition coefficient (Wildman–Crippen LogP) is 2.66. The van der Waals surface area contributed by atoms with Gasteiger partial charge in [-0.25, -0.2) is 4.39 Å². The molecule has 0 bridgehead atoms. The minimum atomic E-state index is -1.02. The normalized spacial score (nSPS) is 21.3. The second-order valence-corrected chi connectivity index (χ2v) is 6.66. The number of aliphatic hydroxyl groups is 1. The van der Waals surface area contributed by atoms with Crippen LogP contribution in [0.5, 0.6) is 0 Å². The van der Waals surface area contributed by atoms with Gasteiger partial charge >= 0.3 is 0 Å². The average molecular weight is 279 g/mol. The standard InChI is InChI=1S/C16H22FNO2/c1-15(2)13(16(15,3)4)14(20)18-9-12(19)10-7-5-6-8-11(10)17/h5-8,12-13,19H,9H2,1-4H3,(H,18,20). The van der Waals surface area contributed by atoms with E-state index >= 15 is 0 Å². The van der Waals surface area contributed by atoms with Gasteiger partial charge in [0.1, 0.15) is 5.82 Å². The van der Waals surface area contributed by atoms with Crippen LogP contribution in [-0.2, 0) is 4.79 Å². The molecule has 1 atom stereocenters. The van der Waals surface area contributed by atoms with Crippen LogP contribution in [0.25, 0.3) is 0 Å². The fourth-order valence-electron chi connectivity index (χ4n) is 3.01. The van der Waals surface area contributed by atoms with Gasteiger partial charge in [-0.15, -0.1) is 0 Å². The Morgan fingerprint density at radius 1 is 1.30 bits per heavy atom. The Bertz CT molecular complexity index is 511. The highest BCUT2D eigenvalue weighted by atomic mass is 19.1. The molecule has 2 rings (SSSR count). The Labute approximate surface area is 119 Å². The number of halogens is 1. The first kappa shape index (κ1) is 15.0. The van der Waals surface area contributed by atoms with Crippen molar-refractivity contribution in [2.24, 2.45) is 16.7 Å². The molecule has 1 unspecified atom stereocenters. The van der Waals surface area contributed by atoms with Gasteiger partial charge in [-0.2, -0.15) is 0 Å². The van der Waals surface area contributed by atoms with Crippen molar-refractivity contribution in [1.82, 2.24) is 5.32 Å². The number of hydrogen-bond acceptors (Lipinski definition) is 2. The number of benzene rings is 1. The second kappa shape index (κ2) is 4.85. The third kappa shape index (κ3) is 2.33. The van der Waals surface area contributed by atoms with E-state index < -0.39 is 11.9 Å². The van der Waals surface area contributed by atoms with Gasteiger partial charge in [0.05, 0.1) is 6.10 Å². The SMILES string of the molecule is CC1(C)C(C(=O)NCC(O)c2ccccc2F)C1(C)C. The summed E-state index contributed by atoms with van der Waals surface area (Å²) in [7, 11) is 0. The van der Waals surface area contributed by atoms with Crippen LogP contribution in [0.2, 0.25) is 0 Å². The Kier molecular flexibility index (Phi) is 3.63. The minimum absolute atomic E-state index is 0.0302. The van der Waals surface area contributed by atoms with Gasteiger partial charge < -0.3 is 10.4 Å². The minimum Gasteiger partial charge on any atom is -0.386 e. The first-order chi connectivity index (χ1) is 9.19. The third-order valence-corrected chi connectivity index (χ3v) is 5.02. The van der Waals surface area contributed by atoms with Crippen molar-refractivity contribution in [2.75, 3.05) is 6.54 Å². The summed E-state index contributed by atoms with van der Waals surface area (Å²) in [6.07, 6.45) is -1.02. The fourth-order valence-corrected chi connectivity index (χ4v) is 3.01. The molecule has 110 valence electrons. The lowest BCUT2D eigenvalue weighted by Crippen LogP contribution is -2.31. The molecule has 0 aliphatic heterocycles. The second-order valence-electron chi connectivity index (χ2n) is 6.66. The van der Waals surface area contributed by atoms with Crippen LogP contribution in [0.1, 0.15) is 39.4 Å². The highest BCUT2D eigenvalue weighted by molar-refractivity contribution is 5.84. The van der Waals surface area contributed by atoms with Crippen molar-refractivity contribution < 1.29 is 14.3 Å². The van der Waals surface area contributed by atoms with Crippen molar-refractivity contribution in [3.8, 4) is 0 Å². The van der Waals surface area contributed by atoms with Crippen molar-refractivity contribution >= 4 is 5.91 Å². The maximum atomic E-state index is 13.5. The molecule has 20 heavy (non-hydrogen) atoms. The molecule has 2 N–H and O–H groups in total. The zero-order valence-electron chi connectivity index (χ0n) is 12.4. The molecule has 1 fully saturated rings. The van der Waals surface area contributed by atoms with Crippen molar-refractivity contribution in [1.29, 1.82) is 0 Å². The van der Waals surface area contributed by atoms with Gasteiger partial charge in [-0.1, -0.05) is 45.9 Å². The zero-order valence-corrected chi connectivity index (χ0v) is 12.4. The summed E-state index contributed by atoms with van der Waals surface area (Å²) in [5.41, 5.74) is 0.127. The molecule has 0 heterocycles. The molecule has 1 aromatic carbocycles. The van der Waals surface area contributed by atoms with Gasteiger partial charge in [0, 0.05) is 18.0 Å². The molecular formula is C16H22FNO2. The third-order valence-electron chi connectivity index (χ3n) is 5.02. The smallest absolute Gasteiger partial charge is 0.224 e. The molecule has 4 heteroatoms. The zero-order chi connectivity index (χ0) is 15.1. The molecule has 0 aromatic heterocycles. The van der Waals surface area contributed by atoms with E-state index in [9.17, 15) is 14.3 Å². The number of aliphatic hydroxyl groups excluding tert-OH is 1. The fraction of sp³-hybridized carbons (Fsp3) is 0.562. The van der Waals surface area contributed by atoms with E-state index in [0.717, 1.165) is 0 Å². The number of amides is 1. The highest BCUT2D eigenvalue weighted by Gasteiger charge is 2.68. The lowest BCUT2D eigenvalue weighted by atomic mass is 10.0. The van der Waals surface area contributed by atoms with Gasteiger partial charge in [-0.05, 0) is 16.9 Å². The highest BCUT2D eigenvalue weighted by Crippen LogP contribution is 2.68. The van der Waals surface area contributed by atoms with Gasteiger partial charge in [0.25, 0.3) is 0 Å². The topological polar surface area (TPSA) is 49.3 Å². The van der Waals surface area contributed by atoms with Gasteiger partial charge in [0.2, 0.25) is 5.91 Å². The summed E-state index contributed by atoms with van der Waals surface area (Å²) in [5.74, 6) is -0.598. The van der Waals surface area contributed by atoms with E-state index in [1.807, 2.05) is 0 Å². The summed E-state index contributed by atoms with van der Waals surface area (Å²) < 4.78 is 13.5. The number of hydrogen-bond donors (Lipinski definition) is 2. The van der Waals surface area contributed by atoms with Crippen LogP contribution in [0.15, 0.2) is 24.3 Å². The quantitative estimate of drug-likeness (QED) is 0.890. The molecule has 0 saturated heterocycles. The van der Waals surface area contributed by atoms with E-state index in [1.54, 1.807) is 12.1 Å². The summed E-state index contributed by atoms with van der Waals surface area (Å²) in [6.45, 7) is 8.27. The Balaban J connectivity index is 1.94. The van der Waals surface area contributed by atoms with Crippen molar-refractivity contribution in [3.05, 3.63) is 35.6 Å². The molecule has 3 nitrogen and oxygen atoms in total. The van der Waals surface area contributed by atoms with Crippen molar-refractivity contribution in [2.45, 2.75) is 33.8 Å². The van der Waals surface area contributed by atoms with Crippen LogP contribution in [0.3, 0.4) is 0 Å². The van der Waals surface area contributed by atoms with E-state index in [0.29, 0.717) is 0 Å². The summed E-state index contributed by atoms with van der Waals surface area (Å²) in [4.78, 5) is 12.1. The maximum absolute atomic E-state index is 13.5. The lowest BCUT2D eigenvalue weighted by molar-refractivity contribution is -0.123. The van der Waals surface area contributed by atoms with Crippen LogP contribution < -0.4 is 5.32 Å². The Morgan fingerprint density at radius 2 is 1.85 bits per heavy atom.